The fraction of sp³-hybridized carbons (Fsp3) is 0.364. The van der Waals surface area contributed by atoms with Gasteiger partial charge in [-0.2, -0.15) is 0 Å². The first-order valence-corrected chi connectivity index (χ1v) is 5.78. The molecule has 0 aliphatic carbocycles. The molecule has 1 aliphatic heterocycles. The summed E-state index contributed by atoms with van der Waals surface area (Å²) in [6, 6.07) is 3.89. The molecule has 1 aromatic carbocycles. The summed E-state index contributed by atoms with van der Waals surface area (Å²) in [5.41, 5.74) is 2.29. The Morgan fingerprint density at radius 2 is 2.21 bits per heavy atom. The van der Waals surface area contributed by atoms with Crippen molar-refractivity contribution in [3.05, 3.63) is 28.3 Å². The van der Waals surface area contributed by atoms with E-state index in [1.54, 1.807) is 0 Å². The number of rotatable bonds is 0. The number of carbonyl (C=O) groups is 1. The van der Waals surface area contributed by atoms with Gasteiger partial charge in [-0.3, -0.25) is 4.79 Å². The van der Waals surface area contributed by atoms with Crippen LogP contribution < -0.4 is 0 Å². The molecule has 1 aliphatic rings. The molecule has 1 unspecified atom stereocenters. The van der Waals surface area contributed by atoms with E-state index in [-0.39, 0.29) is 11.0 Å². The summed E-state index contributed by atoms with van der Waals surface area (Å²) < 4.78 is 0. The number of aryl methyl sites for hydroxylation is 1. The van der Waals surface area contributed by atoms with E-state index in [4.69, 9.17) is 11.6 Å². The van der Waals surface area contributed by atoms with Gasteiger partial charge in [-0.05, 0) is 30.5 Å². The van der Waals surface area contributed by atoms with Gasteiger partial charge in [-0.1, -0.05) is 36.4 Å². The number of hydrogen-bond acceptors (Lipinski definition) is 2. The first-order chi connectivity index (χ1) is 6.59. The minimum atomic E-state index is 0.0896. The molecule has 3 heteroatoms. The second-order valence-electron chi connectivity index (χ2n) is 3.70. The van der Waals surface area contributed by atoms with Gasteiger partial charge in [0.05, 0.1) is 0 Å². The van der Waals surface area contributed by atoms with Crippen molar-refractivity contribution in [2.75, 3.05) is 0 Å². The van der Waals surface area contributed by atoms with Crippen LogP contribution >= 0.6 is 23.4 Å². The molecule has 0 saturated carbocycles. The molecule has 1 atom stereocenters. The quantitative estimate of drug-likeness (QED) is 0.674. The summed E-state index contributed by atoms with van der Waals surface area (Å²) in [5.74, 6) is 0.0896. The van der Waals surface area contributed by atoms with E-state index < -0.39 is 0 Å². The molecule has 0 radical (unpaired) electrons. The Morgan fingerprint density at radius 3 is 2.93 bits per heavy atom. The first-order valence-electron chi connectivity index (χ1n) is 4.59. The number of hydrogen-bond donors (Lipinski definition) is 0. The lowest BCUT2D eigenvalue weighted by Gasteiger charge is -2.22. The second kappa shape index (κ2) is 3.59. The Labute approximate surface area is 92.8 Å². The van der Waals surface area contributed by atoms with E-state index in [1.807, 2.05) is 26.0 Å². The summed E-state index contributed by atoms with van der Waals surface area (Å²) in [7, 11) is 0. The Hall–Kier alpha value is -0.470. The van der Waals surface area contributed by atoms with E-state index in [0.29, 0.717) is 0 Å². The molecule has 1 heterocycles. The minimum Gasteiger partial charge on any atom is -0.287 e. The van der Waals surface area contributed by atoms with E-state index in [0.717, 1.165) is 27.5 Å². The second-order valence-corrected chi connectivity index (χ2v) is 5.12. The molecule has 1 aromatic rings. The molecular formula is C11H11ClOS. The van der Waals surface area contributed by atoms with Gasteiger partial charge >= 0.3 is 0 Å². The molecule has 0 amide bonds. The summed E-state index contributed by atoms with van der Waals surface area (Å²) in [6.45, 7) is 3.97. The maximum atomic E-state index is 11.5. The lowest BCUT2D eigenvalue weighted by molar-refractivity contribution is -0.114. The third kappa shape index (κ3) is 1.57. The van der Waals surface area contributed by atoms with Crippen LogP contribution in [0.25, 0.3) is 0 Å². The van der Waals surface area contributed by atoms with Gasteiger partial charge in [0, 0.05) is 15.8 Å². The maximum Gasteiger partial charge on any atom is 0.196 e. The third-order valence-corrected chi connectivity index (χ3v) is 4.25. The van der Waals surface area contributed by atoms with Crippen LogP contribution in [0.5, 0.6) is 0 Å². The topological polar surface area (TPSA) is 17.1 Å². The van der Waals surface area contributed by atoms with Crippen LogP contribution in [0.3, 0.4) is 0 Å². The molecule has 1 nitrogen and oxygen atoms in total. The lowest BCUT2D eigenvalue weighted by atomic mass is 10.00. The van der Waals surface area contributed by atoms with Crippen LogP contribution in [0.1, 0.15) is 18.1 Å². The number of halogens is 1. The average molecular weight is 227 g/mol. The lowest BCUT2D eigenvalue weighted by Crippen LogP contribution is -2.16. The SMILES string of the molecule is Cc1ccc(Cl)c2c1SC(=O)C(C)C2. The molecule has 14 heavy (non-hydrogen) atoms. The standard InChI is InChI=1S/C11H11ClOS/c1-6-3-4-9(12)8-5-7(2)11(13)14-10(6)8/h3-4,7H,5H2,1-2H3. The Bertz CT molecular complexity index is 401. The van der Waals surface area contributed by atoms with E-state index in [1.165, 1.54) is 11.8 Å². The van der Waals surface area contributed by atoms with Crippen molar-refractivity contribution in [2.24, 2.45) is 5.92 Å². The van der Waals surface area contributed by atoms with Crippen molar-refractivity contribution in [1.29, 1.82) is 0 Å². The molecule has 74 valence electrons. The molecular weight excluding hydrogens is 216 g/mol. The van der Waals surface area contributed by atoms with Crippen molar-refractivity contribution >= 4 is 28.5 Å². The van der Waals surface area contributed by atoms with Crippen LogP contribution in [0.2, 0.25) is 5.02 Å². The molecule has 0 spiro atoms. The Balaban J connectivity index is 2.55. The fourth-order valence-electron chi connectivity index (χ4n) is 1.64. The molecule has 0 fully saturated rings. The number of carbonyl (C=O) groups excluding carboxylic acids is 1. The van der Waals surface area contributed by atoms with Crippen molar-refractivity contribution in [3.8, 4) is 0 Å². The van der Waals surface area contributed by atoms with Crippen molar-refractivity contribution in [3.63, 3.8) is 0 Å². The molecule has 0 bridgehead atoms. The van der Waals surface area contributed by atoms with Gasteiger partial charge in [-0.25, -0.2) is 0 Å². The molecule has 0 N–H and O–H groups in total. The van der Waals surface area contributed by atoms with Gasteiger partial charge in [0.2, 0.25) is 0 Å². The summed E-state index contributed by atoms with van der Waals surface area (Å²) in [4.78, 5) is 12.6. The van der Waals surface area contributed by atoms with Crippen LogP contribution in [0.4, 0.5) is 0 Å². The van der Waals surface area contributed by atoms with E-state index in [2.05, 4.69) is 0 Å². The highest BCUT2D eigenvalue weighted by Crippen LogP contribution is 2.39. The van der Waals surface area contributed by atoms with Crippen LogP contribution in [-0.4, -0.2) is 5.12 Å². The van der Waals surface area contributed by atoms with Crippen LogP contribution in [0.15, 0.2) is 17.0 Å². The van der Waals surface area contributed by atoms with Crippen molar-refractivity contribution in [2.45, 2.75) is 25.2 Å². The highest BCUT2D eigenvalue weighted by molar-refractivity contribution is 8.13. The average Bonchev–Trinajstić information content (AvgIpc) is 2.15. The zero-order valence-corrected chi connectivity index (χ0v) is 9.71. The van der Waals surface area contributed by atoms with Gasteiger partial charge in [0.1, 0.15) is 0 Å². The highest BCUT2D eigenvalue weighted by atomic mass is 35.5. The van der Waals surface area contributed by atoms with Gasteiger partial charge in [0.15, 0.2) is 5.12 Å². The minimum absolute atomic E-state index is 0.0896. The molecule has 0 saturated heterocycles. The fourth-order valence-corrected chi connectivity index (χ4v) is 2.97. The predicted octanol–water partition coefficient (Wildman–Crippen LogP) is 3.46. The highest BCUT2D eigenvalue weighted by Gasteiger charge is 2.26. The van der Waals surface area contributed by atoms with Crippen molar-refractivity contribution in [1.82, 2.24) is 0 Å². The monoisotopic (exact) mass is 226 g/mol. The van der Waals surface area contributed by atoms with Crippen molar-refractivity contribution < 1.29 is 4.79 Å². The summed E-state index contributed by atoms with van der Waals surface area (Å²) >= 11 is 7.44. The number of thioether (sulfide) groups is 1. The van der Waals surface area contributed by atoms with Gasteiger partial charge in [0.25, 0.3) is 0 Å². The summed E-state index contributed by atoms with van der Waals surface area (Å²) in [5, 5.41) is 1.04. The van der Waals surface area contributed by atoms with Gasteiger partial charge in [-0.15, -0.1) is 0 Å². The maximum absolute atomic E-state index is 11.5. The Kier molecular flexibility index (Phi) is 2.58. The molecule has 0 aromatic heterocycles. The summed E-state index contributed by atoms with van der Waals surface area (Å²) in [6.07, 6.45) is 0.779. The number of fused-ring (bicyclic) bond motifs is 1. The predicted molar refractivity (Wildman–Crippen MR) is 59.9 cm³/mol. The normalized spacial score (nSPS) is 20.8. The van der Waals surface area contributed by atoms with Crippen LogP contribution in [-0.2, 0) is 11.2 Å². The zero-order valence-electron chi connectivity index (χ0n) is 8.13. The first kappa shape index (κ1) is 10.1. The smallest absolute Gasteiger partial charge is 0.196 e. The van der Waals surface area contributed by atoms with Gasteiger partial charge < -0.3 is 0 Å². The zero-order chi connectivity index (χ0) is 10.3. The molecule has 2 rings (SSSR count). The van der Waals surface area contributed by atoms with E-state index >= 15 is 0 Å². The largest absolute Gasteiger partial charge is 0.287 e. The number of benzene rings is 1. The third-order valence-electron chi connectivity index (χ3n) is 2.52. The Morgan fingerprint density at radius 1 is 1.50 bits per heavy atom. The van der Waals surface area contributed by atoms with Crippen LogP contribution in [0, 0.1) is 12.8 Å². The van der Waals surface area contributed by atoms with E-state index in [9.17, 15) is 4.79 Å².